The summed E-state index contributed by atoms with van der Waals surface area (Å²) in [4.78, 5) is 4.09. The first-order valence-corrected chi connectivity index (χ1v) is 7.76. The van der Waals surface area contributed by atoms with Crippen LogP contribution in [0, 0.1) is 6.92 Å². The average molecular weight is 258 g/mol. The van der Waals surface area contributed by atoms with Crippen molar-refractivity contribution in [3.63, 3.8) is 0 Å². The number of sulfone groups is 1. The number of aromatic nitrogens is 1. The van der Waals surface area contributed by atoms with E-state index in [1.807, 2.05) is 6.92 Å². The van der Waals surface area contributed by atoms with Crippen molar-refractivity contribution in [3.05, 3.63) is 17.8 Å². The molecule has 5 nitrogen and oxygen atoms in total. The topological polar surface area (TPSA) is 72.2 Å². The number of nitrogens with zero attached hydrogens (tertiary/aromatic N) is 1. The van der Waals surface area contributed by atoms with E-state index in [9.17, 15) is 8.42 Å². The maximum atomic E-state index is 11.6. The van der Waals surface area contributed by atoms with E-state index >= 15 is 0 Å². The molecule has 1 aromatic rings. The Kier molecular flexibility index (Phi) is 3.53. The van der Waals surface area contributed by atoms with E-state index in [-0.39, 0.29) is 11.3 Å². The molecule has 0 saturated heterocycles. The van der Waals surface area contributed by atoms with Gasteiger partial charge in [-0.1, -0.05) is 6.42 Å². The van der Waals surface area contributed by atoms with Crippen molar-refractivity contribution in [3.8, 4) is 0 Å². The second-order valence-corrected chi connectivity index (χ2v) is 6.92. The first-order chi connectivity index (χ1) is 7.97. The third kappa shape index (κ3) is 3.07. The van der Waals surface area contributed by atoms with Gasteiger partial charge in [0.25, 0.3) is 0 Å². The number of nitrogens with one attached hydrogen (secondary N) is 1. The molecule has 2 atom stereocenters. The molecule has 0 aliphatic heterocycles. The SMILES string of the molecule is Cc1cnc(CNC2CCCC2S(C)(=O)=O)o1. The number of oxazole rings is 1. The van der Waals surface area contributed by atoms with Crippen LogP contribution >= 0.6 is 0 Å². The minimum absolute atomic E-state index is 0.0252. The highest BCUT2D eigenvalue weighted by Gasteiger charge is 2.34. The molecule has 0 radical (unpaired) electrons. The largest absolute Gasteiger partial charge is 0.445 e. The summed E-state index contributed by atoms with van der Waals surface area (Å²) in [6.45, 7) is 2.33. The fraction of sp³-hybridized carbons (Fsp3) is 0.727. The summed E-state index contributed by atoms with van der Waals surface area (Å²) in [5.74, 6) is 1.38. The number of rotatable bonds is 4. The minimum atomic E-state index is -2.96. The summed E-state index contributed by atoms with van der Waals surface area (Å²) in [5, 5.41) is 2.97. The minimum Gasteiger partial charge on any atom is -0.445 e. The lowest BCUT2D eigenvalue weighted by molar-refractivity contribution is 0.420. The quantitative estimate of drug-likeness (QED) is 0.873. The zero-order valence-corrected chi connectivity index (χ0v) is 11.0. The molecule has 0 amide bonds. The summed E-state index contributed by atoms with van der Waals surface area (Å²) in [6, 6.07) is 0.0252. The smallest absolute Gasteiger partial charge is 0.208 e. The summed E-state index contributed by atoms with van der Waals surface area (Å²) in [7, 11) is -2.96. The highest BCUT2D eigenvalue weighted by Crippen LogP contribution is 2.25. The van der Waals surface area contributed by atoms with Crippen LogP contribution in [0.5, 0.6) is 0 Å². The van der Waals surface area contributed by atoms with Gasteiger partial charge in [-0.25, -0.2) is 13.4 Å². The van der Waals surface area contributed by atoms with E-state index < -0.39 is 9.84 Å². The standard InChI is InChI=1S/C11H18N2O3S/c1-8-6-13-11(16-8)7-12-9-4-3-5-10(9)17(2,14)15/h6,9-10,12H,3-5,7H2,1-2H3. The van der Waals surface area contributed by atoms with E-state index in [0.29, 0.717) is 12.4 Å². The summed E-state index contributed by atoms with van der Waals surface area (Å²) >= 11 is 0. The predicted molar refractivity (Wildman–Crippen MR) is 64.4 cm³/mol. The Hall–Kier alpha value is -0.880. The molecule has 0 aromatic carbocycles. The molecule has 1 aromatic heterocycles. The predicted octanol–water partition coefficient (Wildman–Crippen LogP) is 1.04. The fourth-order valence-corrected chi connectivity index (χ4v) is 3.80. The van der Waals surface area contributed by atoms with Crippen molar-refractivity contribution in [2.24, 2.45) is 0 Å². The van der Waals surface area contributed by atoms with E-state index in [1.165, 1.54) is 6.26 Å². The Morgan fingerprint density at radius 1 is 1.53 bits per heavy atom. The molecule has 2 rings (SSSR count). The molecule has 17 heavy (non-hydrogen) atoms. The van der Waals surface area contributed by atoms with Gasteiger partial charge in [0.05, 0.1) is 18.0 Å². The molecule has 96 valence electrons. The Morgan fingerprint density at radius 2 is 2.29 bits per heavy atom. The van der Waals surface area contributed by atoms with Crippen molar-refractivity contribution in [1.82, 2.24) is 10.3 Å². The Bertz CT molecular complexity index is 481. The van der Waals surface area contributed by atoms with Crippen LogP contribution in [-0.2, 0) is 16.4 Å². The molecule has 1 fully saturated rings. The van der Waals surface area contributed by atoms with Gasteiger partial charge in [0, 0.05) is 12.3 Å². The molecular weight excluding hydrogens is 240 g/mol. The average Bonchev–Trinajstić information content (AvgIpc) is 2.81. The summed E-state index contributed by atoms with van der Waals surface area (Å²) < 4.78 is 28.5. The van der Waals surface area contributed by atoms with E-state index in [2.05, 4.69) is 10.3 Å². The van der Waals surface area contributed by atoms with Crippen LogP contribution in [0.25, 0.3) is 0 Å². The second kappa shape index (κ2) is 4.78. The molecule has 0 bridgehead atoms. The van der Waals surface area contributed by atoms with Crippen molar-refractivity contribution in [2.75, 3.05) is 6.26 Å². The molecule has 0 spiro atoms. The van der Waals surface area contributed by atoms with Crippen molar-refractivity contribution in [2.45, 2.75) is 44.0 Å². The highest BCUT2D eigenvalue weighted by molar-refractivity contribution is 7.91. The molecular formula is C11H18N2O3S. The van der Waals surface area contributed by atoms with Gasteiger partial charge in [0.1, 0.15) is 5.76 Å². The maximum Gasteiger partial charge on any atom is 0.208 e. The third-order valence-electron chi connectivity index (χ3n) is 3.19. The first-order valence-electron chi connectivity index (χ1n) is 5.80. The molecule has 1 saturated carbocycles. The molecule has 1 aliphatic rings. The molecule has 2 unspecified atom stereocenters. The van der Waals surface area contributed by atoms with Crippen LogP contribution in [-0.4, -0.2) is 30.9 Å². The molecule has 1 N–H and O–H groups in total. The molecule has 6 heteroatoms. The lowest BCUT2D eigenvalue weighted by Gasteiger charge is -2.18. The van der Waals surface area contributed by atoms with Crippen LogP contribution in [0.4, 0.5) is 0 Å². The van der Waals surface area contributed by atoms with Crippen molar-refractivity contribution < 1.29 is 12.8 Å². The van der Waals surface area contributed by atoms with Crippen molar-refractivity contribution >= 4 is 9.84 Å². The zero-order valence-electron chi connectivity index (χ0n) is 10.1. The normalized spacial score (nSPS) is 25.3. The van der Waals surface area contributed by atoms with Gasteiger partial charge in [-0.05, 0) is 19.8 Å². The monoisotopic (exact) mass is 258 g/mol. The molecule has 1 aliphatic carbocycles. The number of aryl methyl sites for hydroxylation is 1. The Balaban J connectivity index is 1.95. The molecule has 1 heterocycles. The van der Waals surface area contributed by atoms with Gasteiger partial charge in [-0.2, -0.15) is 0 Å². The lowest BCUT2D eigenvalue weighted by Crippen LogP contribution is -2.39. The van der Waals surface area contributed by atoms with Crippen LogP contribution < -0.4 is 5.32 Å². The Labute approximate surface area is 102 Å². The van der Waals surface area contributed by atoms with E-state index in [4.69, 9.17) is 4.42 Å². The van der Waals surface area contributed by atoms with Gasteiger partial charge in [-0.3, -0.25) is 0 Å². The van der Waals surface area contributed by atoms with Gasteiger partial charge < -0.3 is 9.73 Å². The van der Waals surface area contributed by atoms with Crippen molar-refractivity contribution in [1.29, 1.82) is 0 Å². The highest BCUT2D eigenvalue weighted by atomic mass is 32.2. The maximum absolute atomic E-state index is 11.6. The van der Waals surface area contributed by atoms with Gasteiger partial charge >= 0.3 is 0 Å². The third-order valence-corrected chi connectivity index (χ3v) is 4.85. The van der Waals surface area contributed by atoms with Gasteiger partial charge in [0.15, 0.2) is 9.84 Å². The second-order valence-electron chi connectivity index (χ2n) is 4.65. The van der Waals surface area contributed by atoms with Gasteiger partial charge in [-0.15, -0.1) is 0 Å². The fourth-order valence-electron chi connectivity index (χ4n) is 2.37. The van der Waals surface area contributed by atoms with E-state index in [0.717, 1.165) is 25.0 Å². The van der Waals surface area contributed by atoms with Crippen LogP contribution in [0.1, 0.15) is 30.9 Å². The Morgan fingerprint density at radius 3 is 2.88 bits per heavy atom. The van der Waals surface area contributed by atoms with Crippen LogP contribution in [0.2, 0.25) is 0 Å². The van der Waals surface area contributed by atoms with Crippen LogP contribution in [0.15, 0.2) is 10.6 Å². The summed E-state index contributed by atoms with van der Waals surface area (Å²) in [6.07, 6.45) is 5.59. The van der Waals surface area contributed by atoms with Crippen LogP contribution in [0.3, 0.4) is 0 Å². The number of hydrogen-bond acceptors (Lipinski definition) is 5. The zero-order chi connectivity index (χ0) is 12.5. The first kappa shape index (κ1) is 12.6. The van der Waals surface area contributed by atoms with Gasteiger partial charge in [0.2, 0.25) is 5.89 Å². The number of hydrogen-bond donors (Lipinski definition) is 1. The lowest BCUT2D eigenvalue weighted by atomic mass is 10.2. The van der Waals surface area contributed by atoms with E-state index in [1.54, 1.807) is 6.20 Å². The summed E-state index contributed by atoms with van der Waals surface area (Å²) in [5.41, 5.74) is 0.